The Morgan fingerprint density at radius 1 is 1.42 bits per heavy atom. The van der Waals surface area contributed by atoms with Crippen LogP contribution in [0.1, 0.15) is 51.0 Å². The number of hydrazine groups is 1. The molecule has 0 fully saturated rings. The number of nitrogens with zero attached hydrogens (tertiary/aromatic N) is 2. The van der Waals surface area contributed by atoms with Gasteiger partial charge in [0.25, 0.3) is 0 Å². The molecule has 3 heterocycles. The number of hydrogen-bond donors (Lipinski definition) is 2. The smallest absolute Gasteiger partial charge is 0.238 e. The molecule has 8 heteroatoms. The first-order valence-electron chi connectivity index (χ1n) is 8.90. The van der Waals surface area contributed by atoms with Crippen molar-refractivity contribution < 1.29 is 9.53 Å². The fraction of sp³-hybridized carbons (Fsp3) is 0.611. The highest BCUT2D eigenvalue weighted by Crippen LogP contribution is 2.42. The highest BCUT2D eigenvalue weighted by Gasteiger charge is 2.33. The number of hydrogen-bond acceptors (Lipinski definition) is 7. The number of nitrogens with one attached hydrogen (secondary N) is 2. The van der Waals surface area contributed by atoms with E-state index in [0.29, 0.717) is 29.9 Å². The van der Waals surface area contributed by atoms with Crippen LogP contribution in [0.4, 0.5) is 5.82 Å². The van der Waals surface area contributed by atoms with Crippen LogP contribution in [0.15, 0.2) is 5.16 Å². The number of rotatable bonds is 6. The Hall–Kier alpha value is -1.38. The van der Waals surface area contributed by atoms with Gasteiger partial charge in [-0.1, -0.05) is 32.5 Å². The van der Waals surface area contributed by atoms with E-state index in [1.54, 1.807) is 11.3 Å². The van der Waals surface area contributed by atoms with Gasteiger partial charge in [0, 0.05) is 17.7 Å². The van der Waals surface area contributed by atoms with Crippen LogP contribution < -0.4 is 10.9 Å². The summed E-state index contributed by atoms with van der Waals surface area (Å²) in [5, 5.41) is 1.70. The average molecular weight is 395 g/mol. The fourth-order valence-electron chi connectivity index (χ4n) is 3.01. The predicted molar refractivity (Wildman–Crippen MR) is 108 cm³/mol. The summed E-state index contributed by atoms with van der Waals surface area (Å²) < 4.78 is 6.08. The van der Waals surface area contributed by atoms with Crippen molar-refractivity contribution in [1.82, 2.24) is 15.4 Å². The van der Waals surface area contributed by atoms with Crippen LogP contribution in [0, 0.1) is 5.92 Å². The Kier molecular flexibility index (Phi) is 5.74. The third-order valence-corrected chi connectivity index (χ3v) is 6.31. The van der Waals surface area contributed by atoms with Gasteiger partial charge in [-0.05, 0) is 31.1 Å². The summed E-state index contributed by atoms with van der Waals surface area (Å²) >= 11 is 3.15. The summed E-state index contributed by atoms with van der Waals surface area (Å²) in [6, 6.07) is 0. The lowest BCUT2D eigenvalue weighted by Gasteiger charge is -2.33. The summed E-state index contributed by atoms with van der Waals surface area (Å²) in [6.45, 7) is 8.94. The van der Waals surface area contributed by atoms with Crippen LogP contribution in [0.25, 0.3) is 10.2 Å². The number of thioether (sulfide) groups is 1. The average Bonchev–Trinajstić information content (AvgIpc) is 2.96. The molecule has 0 bridgehead atoms. The third-order valence-electron chi connectivity index (χ3n) is 4.66. The summed E-state index contributed by atoms with van der Waals surface area (Å²) in [5.74, 6) is 0.942. The normalized spacial score (nSPS) is 19.6. The van der Waals surface area contributed by atoms with Crippen LogP contribution in [0.5, 0.6) is 0 Å². The largest absolute Gasteiger partial charge is 0.369 e. The number of ether oxygens (including phenoxy) is 1. The summed E-state index contributed by atoms with van der Waals surface area (Å²) in [4.78, 5) is 23.5. The molecule has 1 atom stereocenters. The molecule has 1 amide bonds. The topological polar surface area (TPSA) is 76.1 Å². The molecule has 6 nitrogen and oxygen atoms in total. The van der Waals surface area contributed by atoms with Gasteiger partial charge in [-0.3, -0.25) is 15.6 Å². The molecule has 0 radical (unpaired) electrons. The van der Waals surface area contributed by atoms with Crippen molar-refractivity contribution >= 4 is 45.0 Å². The van der Waals surface area contributed by atoms with Gasteiger partial charge < -0.3 is 4.74 Å². The number of carbonyl (C=O) groups excluding carboxylic acids is 1. The summed E-state index contributed by atoms with van der Waals surface area (Å²) in [7, 11) is 0. The van der Waals surface area contributed by atoms with E-state index in [4.69, 9.17) is 4.74 Å². The lowest BCUT2D eigenvalue weighted by molar-refractivity contribution is -0.121. The summed E-state index contributed by atoms with van der Waals surface area (Å²) in [6.07, 6.45) is 4.20. The standard InChI is InChI=1S/C18H26N4O2S2/c1-6-18(4)8-11-12(9-24-18)26-16-14(11)15(19-17(20-16)25-5)22-21-13(23)7-10(2)3/h10H,6-9H2,1-5H3,(H,21,23)(H,19,20,22)/t18-/m0/s1. The van der Waals surface area contributed by atoms with Crippen molar-refractivity contribution in [2.24, 2.45) is 5.92 Å². The lowest BCUT2D eigenvalue weighted by atomic mass is 9.90. The number of fused-ring (bicyclic) bond motifs is 3. The van der Waals surface area contributed by atoms with Crippen molar-refractivity contribution in [3.05, 3.63) is 10.4 Å². The van der Waals surface area contributed by atoms with Gasteiger partial charge in [0.1, 0.15) is 4.83 Å². The lowest BCUT2D eigenvalue weighted by Crippen LogP contribution is -2.34. The molecule has 2 aromatic rings. The van der Waals surface area contributed by atoms with E-state index in [0.717, 1.165) is 23.1 Å². The Morgan fingerprint density at radius 3 is 2.85 bits per heavy atom. The molecule has 2 aromatic heterocycles. The SMILES string of the molecule is CC[C@@]1(C)Cc2c(sc3nc(SC)nc(NNC(=O)CC(C)C)c23)CO1. The molecule has 0 saturated carbocycles. The van der Waals surface area contributed by atoms with Crippen molar-refractivity contribution in [2.75, 3.05) is 11.7 Å². The zero-order chi connectivity index (χ0) is 18.9. The second-order valence-electron chi connectivity index (χ2n) is 7.28. The van der Waals surface area contributed by atoms with E-state index < -0.39 is 0 Å². The van der Waals surface area contributed by atoms with Crippen LogP contribution in [0.3, 0.4) is 0 Å². The van der Waals surface area contributed by atoms with Gasteiger partial charge in [0.2, 0.25) is 5.91 Å². The molecular formula is C18H26N4O2S2. The van der Waals surface area contributed by atoms with Crippen molar-refractivity contribution in [3.8, 4) is 0 Å². The summed E-state index contributed by atoms with van der Waals surface area (Å²) in [5.41, 5.74) is 6.92. The zero-order valence-corrected chi connectivity index (χ0v) is 17.6. The molecular weight excluding hydrogens is 368 g/mol. The molecule has 0 saturated heterocycles. The molecule has 142 valence electrons. The van der Waals surface area contributed by atoms with Crippen LogP contribution in [-0.2, 0) is 22.6 Å². The Labute approximate surface area is 162 Å². The number of aromatic nitrogens is 2. The Bertz CT molecular complexity index is 821. The maximum atomic E-state index is 12.1. The Morgan fingerprint density at radius 2 is 2.19 bits per heavy atom. The third kappa shape index (κ3) is 3.97. The number of carbonyl (C=O) groups is 1. The second kappa shape index (κ2) is 7.70. The van der Waals surface area contributed by atoms with Crippen LogP contribution in [-0.4, -0.2) is 27.7 Å². The Balaban J connectivity index is 1.98. The van der Waals surface area contributed by atoms with Crippen molar-refractivity contribution in [1.29, 1.82) is 0 Å². The molecule has 2 N–H and O–H groups in total. The van der Waals surface area contributed by atoms with Crippen LogP contribution in [0.2, 0.25) is 0 Å². The van der Waals surface area contributed by atoms with Crippen molar-refractivity contribution in [3.63, 3.8) is 0 Å². The van der Waals surface area contributed by atoms with Gasteiger partial charge >= 0.3 is 0 Å². The highest BCUT2D eigenvalue weighted by atomic mass is 32.2. The maximum absolute atomic E-state index is 12.1. The number of thiophene rings is 1. The van der Waals surface area contributed by atoms with Gasteiger partial charge in [-0.15, -0.1) is 11.3 Å². The fourth-order valence-corrected chi connectivity index (χ4v) is 4.54. The van der Waals surface area contributed by atoms with Crippen molar-refractivity contribution in [2.45, 2.75) is 64.3 Å². The second-order valence-corrected chi connectivity index (χ2v) is 9.14. The number of anilines is 1. The van der Waals surface area contributed by atoms with E-state index in [1.165, 1.54) is 22.2 Å². The maximum Gasteiger partial charge on any atom is 0.238 e. The van der Waals surface area contributed by atoms with Gasteiger partial charge in [0.05, 0.1) is 17.6 Å². The first kappa shape index (κ1) is 19.4. The minimum absolute atomic E-state index is 0.0386. The van der Waals surface area contributed by atoms with Gasteiger partial charge in [-0.25, -0.2) is 9.97 Å². The molecule has 1 aliphatic rings. The van der Waals surface area contributed by atoms with Gasteiger partial charge in [-0.2, -0.15) is 0 Å². The minimum Gasteiger partial charge on any atom is -0.369 e. The highest BCUT2D eigenvalue weighted by molar-refractivity contribution is 7.98. The molecule has 0 spiro atoms. The van der Waals surface area contributed by atoms with Crippen LogP contribution >= 0.6 is 23.1 Å². The van der Waals surface area contributed by atoms with E-state index in [1.807, 2.05) is 20.1 Å². The number of amides is 1. The van der Waals surface area contributed by atoms with E-state index in [2.05, 4.69) is 34.7 Å². The van der Waals surface area contributed by atoms with E-state index in [9.17, 15) is 4.79 Å². The van der Waals surface area contributed by atoms with Gasteiger partial charge in [0.15, 0.2) is 11.0 Å². The zero-order valence-electron chi connectivity index (χ0n) is 15.9. The monoisotopic (exact) mass is 394 g/mol. The quantitative estimate of drug-likeness (QED) is 0.436. The van der Waals surface area contributed by atoms with E-state index in [-0.39, 0.29) is 11.5 Å². The molecule has 0 aromatic carbocycles. The molecule has 26 heavy (non-hydrogen) atoms. The first-order valence-corrected chi connectivity index (χ1v) is 10.9. The molecule has 1 aliphatic heterocycles. The van der Waals surface area contributed by atoms with E-state index >= 15 is 0 Å². The predicted octanol–water partition coefficient (Wildman–Crippen LogP) is 4.14. The molecule has 0 unspecified atom stereocenters. The first-order chi connectivity index (χ1) is 12.3. The minimum atomic E-state index is -0.169. The molecule has 3 rings (SSSR count). The molecule has 0 aliphatic carbocycles.